The summed E-state index contributed by atoms with van der Waals surface area (Å²) in [6, 6.07) is 8.04. The molecule has 0 aliphatic rings. The highest BCUT2D eigenvalue weighted by molar-refractivity contribution is 9.10. The van der Waals surface area contributed by atoms with Crippen molar-refractivity contribution in [1.82, 2.24) is 4.90 Å². The number of benzene rings is 1. The molecule has 0 N–H and O–H groups in total. The van der Waals surface area contributed by atoms with Gasteiger partial charge in [-0.25, -0.2) is 0 Å². The van der Waals surface area contributed by atoms with Crippen LogP contribution in [0.4, 0.5) is 0 Å². The summed E-state index contributed by atoms with van der Waals surface area (Å²) in [6.45, 7) is 8.68. The lowest BCUT2D eigenvalue weighted by Crippen LogP contribution is -2.30. The SMILES string of the molecule is CCCCN(CCCC)CCOc1ccc(Br)cc1. The minimum absolute atomic E-state index is 0.773. The van der Waals surface area contributed by atoms with Crippen molar-refractivity contribution >= 4 is 15.9 Å². The van der Waals surface area contributed by atoms with E-state index in [-0.39, 0.29) is 0 Å². The fourth-order valence-corrected chi connectivity index (χ4v) is 2.19. The van der Waals surface area contributed by atoms with Crippen molar-refractivity contribution in [1.29, 1.82) is 0 Å². The van der Waals surface area contributed by atoms with E-state index in [9.17, 15) is 0 Å². The molecule has 0 bridgehead atoms. The van der Waals surface area contributed by atoms with Crippen molar-refractivity contribution in [2.24, 2.45) is 0 Å². The van der Waals surface area contributed by atoms with Crippen LogP contribution >= 0.6 is 15.9 Å². The zero-order valence-corrected chi connectivity index (χ0v) is 13.8. The second-order valence-corrected chi connectivity index (χ2v) is 5.77. The fourth-order valence-electron chi connectivity index (χ4n) is 1.92. The molecule has 0 aliphatic carbocycles. The van der Waals surface area contributed by atoms with Crippen molar-refractivity contribution in [2.45, 2.75) is 39.5 Å². The zero-order valence-electron chi connectivity index (χ0n) is 12.2. The van der Waals surface area contributed by atoms with Gasteiger partial charge in [0.05, 0.1) is 0 Å². The van der Waals surface area contributed by atoms with Crippen LogP contribution in [0.2, 0.25) is 0 Å². The van der Waals surface area contributed by atoms with Gasteiger partial charge in [-0.3, -0.25) is 4.90 Å². The first-order valence-corrected chi connectivity index (χ1v) is 8.16. The fraction of sp³-hybridized carbons (Fsp3) is 0.625. The van der Waals surface area contributed by atoms with Gasteiger partial charge in [-0.2, -0.15) is 0 Å². The van der Waals surface area contributed by atoms with Crippen LogP contribution in [-0.4, -0.2) is 31.1 Å². The first-order chi connectivity index (χ1) is 9.26. The summed E-state index contributed by atoms with van der Waals surface area (Å²) >= 11 is 3.43. The Morgan fingerprint density at radius 3 is 2.05 bits per heavy atom. The lowest BCUT2D eigenvalue weighted by molar-refractivity contribution is 0.204. The third-order valence-electron chi connectivity index (χ3n) is 3.15. The molecule has 0 amide bonds. The highest BCUT2D eigenvalue weighted by Gasteiger charge is 2.04. The molecule has 3 heteroatoms. The van der Waals surface area contributed by atoms with Gasteiger partial charge < -0.3 is 4.74 Å². The Morgan fingerprint density at radius 2 is 1.53 bits per heavy atom. The van der Waals surface area contributed by atoms with Crippen LogP contribution in [0.5, 0.6) is 5.75 Å². The Bertz CT molecular complexity index is 318. The number of unbranched alkanes of at least 4 members (excludes halogenated alkanes) is 2. The van der Waals surface area contributed by atoms with E-state index in [0.29, 0.717) is 0 Å². The maximum atomic E-state index is 5.79. The molecule has 1 rings (SSSR count). The van der Waals surface area contributed by atoms with Gasteiger partial charge in [0.25, 0.3) is 0 Å². The molecule has 19 heavy (non-hydrogen) atoms. The average molecular weight is 328 g/mol. The summed E-state index contributed by atoms with van der Waals surface area (Å²) in [5, 5.41) is 0. The van der Waals surface area contributed by atoms with Crippen molar-refractivity contribution < 1.29 is 4.74 Å². The van der Waals surface area contributed by atoms with Crippen LogP contribution in [0.3, 0.4) is 0 Å². The first-order valence-electron chi connectivity index (χ1n) is 7.37. The van der Waals surface area contributed by atoms with Crippen LogP contribution in [0.15, 0.2) is 28.7 Å². The summed E-state index contributed by atoms with van der Waals surface area (Å²) in [4.78, 5) is 2.52. The normalized spacial score (nSPS) is 10.9. The number of hydrogen-bond acceptors (Lipinski definition) is 2. The van der Waals surface area contributed by atoms with E-state index < -0.39 is 0 Å². The molecule has 0 atom stereocenters. The highest BCUT2D eigenvalue weighted by atomic mass is 79.9. The second kappa shape index (κ2) is 10.3. The van der Waals surface area contributed by atoms with Crippen LogP contribution in [0.25, 0.3) is 0 Å². The third-order valence-corrected chi connectivity index (χ3v) is 3.67. The van der Waals surface area contributed by atoms with Crippen molar-refractivity contribution in [3.8, 4) is 5.75 Å². The van der Waals surface area contributed by atoms with Gasteiger partial charge in [-0.15, -0.1) is 0 Å². The number of nitrogens with zero attached hydrogens (tertiary/aromatic N) is 1. The van der Waals surface area contributed by atoms with Gasteiger partial charge in [-0.05, 0) is 50.2 Å². The van der Waals surface area contributed by atoms with E-state index >= 15 is 0 Å². The average Bonchev–Trinajstić information content (AvgIpc) is 2.43. The Morgan fingerprint density at radius 1 is 0.947 bits per heavy atom. The molecule has 1 aromatic carbocycles. The minimum atomic E-state index is 0.773. The lowest BCUT2D eigenvalue weighted by Gasteiger charge is -2.21. The smallest absolute Gasteiger partial charge is 0.119 e. The second-order valence-electron chi connectivity index (χ2n) is 4.85. The summed E-state index contributed by atoms with van der Waals surface area (Å²) in [7, 11) is 0. The van der Waals surface area contributed by atoms with Crippen molar-refractivity contribution in [3.63, 3.8) is 0 Å². The Labute approximate surface area is 126 Å². The number of halogens is 1. The van der Waals surface area contributed by atoms with Crippen LogP contribution in [-0.2, 0) is 0 Å². The third kappa shape index (κ3) is 7.58. The summed E-state index contributed by atoms with van der Waals surface area (Å²) in [6.07, 6.45) is 5.08. The molecule has 1 aromatic rings. The Hall–Kier alpha value is -0.540. The predicted octanol–water partition coefficient (Wildman–Crippen LogP) is 4.73. The molecule has 0 aliphatic heterocycles. The maximum Gasteiger partial charge on any atom is 0.119 e. The lowest BCUT2D eigenvalue weighted by atomic mass is 10.2. The molecule has 0 saturated carbocycles. The topological polar surface area (TPSA) is 12.5 Å². The molecule has 0 fully saturated rings. The van der Waals surface area contributed by atoms with Gasteiger partial charge in [0.15, 0.2) is 0 Å². The number of hydrogen-bond donors (Lipinski definition) is 0. The van der Waals surface area contributed by atoms with Crippen molar-refractivity contribution in [3.05, 3.63) is 28.7 Å². The van der Waals surface area contributed by atoms with E-state index in [2.05, 4.69) is 34.7 Å². The molecular weight excluding hydrogens is 302 g/mol. The van der Waals surface area contributed by atoms with Gasteiger partial charge in [-0.1, -0.05) is 42.6 Å². The van der Waals surface area contributed by atoms with E-state index in [1.165, 1.54) is 38.8 Å². The largest absolute Gasteiger partial charge is 0.492 e. The molecule has 0 radical (unpaired) electrons. The first kappa shape index (κ1) is 16.5. The van der Waals surface area contributed by atoms with Crippen LogP contribution in [0.1, 0.15) is 39.5 Å². The summed E-state index contributed by atoms with van der Waals surface area (Å²) in [5.74, 6) is 0.953. The van der Waals surface area contributed by atoms with E-state index in [0.717, 1.165) is 23.4 Å². The monoisotopic (exact) mass is 327 g/mol. The zero-order chi connectivity index (χ0) is 13.9. The van der Waals surface area contributed by atoms with Crippen LogP contribution < -0.4 is 4.74 Å². The molecule has 0 saturated heterocycles. The predicted molar refractivity (Wildman–Crippen MR) is 85.9 cm³/mol. The molecule has 0 unspecified atom stereocenters. The van der Waals surface area contributed by atoms with Gasteiger partial charge in [0, 0.05) is 11.0 Å². The Kier molecular flexibility index (Phi) is 8.93. The van der Waals surface area contributed by atoms with E-state index in [1.807, 2.05) is 24.3 Å². The molecular formula is C16H26BrNO. The Balaban J connectivity index is 2.27. The molecule has 0 heterocycles. The quantitative estimate of drug-likeness (QED) is 0.616. The van der Waals surface area contributed by atoms with E-state index in [4.69, 9.17) is 4.74 Å². The maximum absolute atomic E-state index is 5.79. The standard InChI is InChI=1S/C16H26BrNO/c1-3-5-11-18(12-6-4-2)13-14-19-16-9-7-15(17)8-10-16/h7-10H,3-6,11-14H2,1-2H3. The highest BCUT2D eigenvalue weighted by Crippen LogP contribution is 2.16. The summed E-state index contributed by atoms with van der Waals surface area (Å²) < 4.78 is 6.88. The van der Waals surface area contributed by atoms with E-state index in [1.54, 1.807) is 0 Å². The number of rotatable bonds is 10. The summed E-state index contributed by atoms with van der Waals surface area (Å²) in [5.41, 5.74) is 0. The number of ether oxygens (including phenoxy) is 1. The van der Waals surface area contributed by atoms with Gasteiger partial charge >= 0.3 is 0 Å². The minimum Gasteiger partial charge on any atom is -0.492 e. The van der Waals surface area contributed by atoms with Gasteiger partial charge in [0.1, 0.15) is 12.4 Å². The van der Waals surface area contributed by atoms with Crippen LogP contribution in [0, 0.1) is 0 Å². The van der Waals surface area contributed by atoms with Crippen molar-refractivity contribution in [2.75, 3.05) is 26.2 Å². The molecule has 0 spiro atoms. The molecule has 2 nitrogen and oxygen atoms in total. The molecule has 0 aromatic heterocycles. The van der Waals surface area contributed by atoms with Gasteiger partial charge in [0.2, 0.25) is 0 Å². The molecule has 108 valence electrons.